The average Bonchev–Trinajstić information content (AvgIpc) is 2.72. The predicted molar refractivity (Wildman–Crippen MR) is 103 cm³/mol. The van der Waals surface area contributed by atoms with E-state index in [9.17, 15) is 19.7 Å². The van der Waals surface area contributed by atoms with E-state index in [2.05, 4.69) is 10.3 Å². The summed E-state index contributed by atoms with van der Waals surface area (Å²) in [5.41, 5.74) is 0.518. The molecule has 1 saturated heterocycles. The van der Waals surface area contributed by atoms with Crippen LogP contribution < -0.4 is 5.32 Å². The molecule has 1 aliphatic rings. The van der Waals surface area contributed by atoms with Crippen LogP contribution in [0.3, 0.4) is 0 Å². The minimum absolute atomic E-state index is 0.00668. The lowest BCUT2D eigenvalue weighted by atomic mass is 9.96. The Bertz CT molecular complexity index is 883. The first-order valence-electron chi connectivity index (χ1n) is 8.87. The number of nitro benzene ring substituents is 1. The SMILES string of the molecule is O=C(NCC1CCN(C(=O)c2ccncc2)CC1)c1ccc(Cl)c([N+](=O)[O-])c1. The van der Waals surface area contributed by atoms with Crippen molar-refractivity contribution in [2.75, 3.05) is 19.6 Å². The molecule has 1 aromatic heterocycles. The van der Waals surface area contributed by atoms with Crippen LogP contribution in [0, 0.1) is 16.0 Å². The zero-order valence-corrected chi connectivity index (χ0v) is 15.8. The molecular weight excluding hydrogens is 384 g/mol. The molecule has 1 aliphatic heterocycles. The van der Waals surface area contributed by atoms with Gasteiger partial charge in [-0.1, -0.05) is 11.6 Å². The van der Waals surface area contributed by atoms with Crippen LogP contribution in [-0.4, -0.2) is 46.3 Å². The normalized spacial score (nSPS) is 14.5. The summed E-state index contributed by atoms with van der Waals surface area (Å²) in [7, 11) is 0. The number of carbonyl (C=O) groups excluding carboxylic acids is 2. The molecule has 0 radical (unpaired) electrons. The van der Waals surface area contributed by atoms with Gasteiger partial charge in [-0.2, -0.15) is 0 Å². The van der Waals surface area contributed by atoms with Gasteiger partial charge in [-0.15, -0.1) is 0 Å². The van der Waals surface area contributed by atoms with Crippen LogP contribution >= 0.6 is 11.6 Å². The van der Waals surface area contributed by atoms with Crippen molar-refractivity contribution in [1.29, 1.82) is 0 Å². The Morgan fingerprint density at radius 2 is 1.86 bits per heavy atom. The van der Waals surface area contributed by atoms with Crippen molar-refractivity contribution in [1.82, 2.24) is 15.2 Å². The number of halogens is 1. The number of carbonyl (C=O) groups is 2. The molecule has 3 rings (SSSR count). The van der Waals surface area contributed by atoms with E-state index in [1.165, 1.54) is 18.2 Å². The smallest absolute Gasteiger partial charge is 0.288 e. The van der Waals surface area contributed by atoms with Crippen molar-refractivity contribution < 1.29 is 14.5 Å². The first kappa shape index (κ1) is 19.8. The minimum atomic E-state index is -0.616. The van der Waals surface area contributed by atoms with Crippen LogP contribution in [0.2, 0.25) is 5.02 Å². The third-order valence-electron chi connectivity index (χ3n) is 4.79. The molecule has 1 aromatic carbocycles. The van der Waals surface area contributed by atoms with Crippen LogP contribution in [0.1, 0.15) is 33.6 Å². The molecule has 2 amide bonds. The number of hydrogen-bond donors (Lipinski definition) is 1. The molecule has 2 aromatic rings. The van der Waals surface area contributed by atoms with E-state index in [0.29, 0.717) is 25.2 Å². The molecule has 1 N–H and O–H groups in total. The molecule has 8 nitrogen and oxygen atoms in total. The summed E-state index contributed by atoms with van der Waals surface area (Å²) in [6, 6.07) is 7.37. The molecule has 28 heavy (non-hydrogen) atoms. The molecule has 0 bridgehead atoms. The van der Waals surface area contributed by atoms with E-state index in [1.807, 2.05) is 0 Å². The Morgan fingerprint density at radius 1 is 1.18 bits per heavy atom. The van der Waals surface area contributed by atoms with Gasteiger partial charge in [0.1, 0.15) is 5.02 Å². The fourth-order valence-electron chi connectivity index (χ4n) is 3.15. The number of amides is 2. The van der Waals surface area contributed by atoms with E-state index in [0.717, 1.165) is 12.8 Å². The maximum absolute atomic E-state index is 12.4. The van der Waals surface area contributed by atoms with E-state index in [4.69, 9.17) is 11.6 Å². The van der Waals surface area contributed by atoms with Crippen molar-refractivity contribution in [3.8, 4) is 0 Å². The zero-order valence-electron chi connectivity index (χ0n) is 15.0. The summed E-state index contributed by atoms with van der Waals surface area (Å²) in [5.74, 6) is -0.152. The summed E-state index contributed by atoms with van der Waals surface area (Å²) in [5, 5.41) is 13.8. The first-order valence-corrected chi connectivity index (χ1v) is 9.25. The van der Waals surface area contributed by atoms with Crippen molar-refractivity contribution in [2.45, 2.75) is 12.8 Å². The number of pyridine rings is 1. The number of aromatic nitrogens is 1. The molecular formula is C19H19ClN4O4. The standard InChI is InChI=1S/C19H19ClN4O4/c20-16-2-1-15(11-17(16)24(27)28)18(25)22-12-13-5-9-23(10-6-13)19(26)14-3-7-21-8-4-14/h1-4,7-8,11,13H,5-6,9-10,12H2,(H,22,25). The molecule has 1 fully saturated rings. The third-order valence-corrected chi connectivity index (χ3v) is 5.10. The van der Waals surface area contributed by atoms with E-state index in [1.54, 1.807) is 29.4 Å². The number of piperidine rings is 1. The van der Waals surface area contributed by atoms with Gasteiger partial charge in [0.05, 0.1) is 4.92 Å². The van der Waals surface area contributed by atoms with E-state index < -0.39 is 4.92 Å². The summed E-state index contributed by atoms with van der Waals surface area (Å²) in [4.78, 5) is 40.8. The molecule has 0 atom stereocenters. The van der Waals surface area contributed by atoms with Crippen molar-refractivity contribution in [3.63, 3.8) is 0 Å². The number of nitro groups is 1. The maximum atomic E-state index is 12.4. The fraction of sp³-hybridized carbons (Fsp3) is 0.316. The Morgan fingerprint density at radius 3 is 2.50 bits per heavy atom. The van der Waals surface area contributed by atoms with Gasteiger partial charge in [-0.3, -0.25) is 24.7 Å². The lowest BCUT2D eigenvalue weighted by Crippen LogP contribution is -2.41. The minimum Gasteiger partial charge on any atom is -0.352 e. The molecule has 0 aliphatic carbocycles. The third kappa shape index (κ3) is 4.64. The topological polar surface area (TPSA) is 105 Å². The van der Waals surface area contributed by atoms with E-state index >= 15 is 0 Å². The highest BCUT2D eigenvalue weighted by Crippen LogP contribution is 2.25. The fourth-order valence-corrected chi connectivity index (χ4v) is 3.34. The Labute approximate surface area is 166 Å². The molecule has 9 heteroatoms. The number of likely N-dealkylation sites (tertiary alicyclic amines) is 1. The highest BCUT2D eigenvalue weighted by Gasteiger charge is 2.24. The molecule has 146 valence electrons. The number of benzene rings is 1. The second-order valence-electron chi connectivity index (χ2n) is 6.60. The quantitative estimate of drug-likeness (QED) is 0.611. The summed E-state index contributed by atoms with van der Waals surface area (Å²) >= 11 is 5.77. The van der Waals surface area contributed by atoms with Gasteiger partial charge in [0.2, 0.25) is 0 Å². The summed E-state index contributed by atoms with van der Waals surface area (Å²) in [6.07, 6.45) is 4.74. The average molecular weight is 403 g/mol. The molecule has 2 heterocycles. The molecule has 0 saturated carbocycles. The predicted octanol–water partition coefficient (Wildman–Crippen LogP) is 2.93. The molecule has 0 spiro atoms. The van der Waals surface area contributed by atoms with Gasteiger partial charge in [-0.25, -0.2) is 0 Å². The largest absolute Gasteiger partial charge is 0.352 e. The highest BCUT2D eigenvalue weighted by molar-refractivity contribution is 6.32. The Kier molecular flexibility index (Phi) is 6.20. The van der Waals surface area contributed by atoms with Gasteiger partial charge in [0, 0.05) is 49.2 Å². The lowest BCUT2D eigenvalue weighted by molar-refractivity contribution is -0.384. The van der Waals surface area contributed by atoms with Gasteiger partial charge >= 0.3 is 0 Å². The van der Waals surface area contributed by atoms with Crippen LogP contribution in [0.4, 0.5) is 5.69 Å². The van der Waals surface area contributed by atoms with Gasteiger partial charge in [-0.05, 0) is 43.0 Å². The zero-order chi connectivity index (χ0) is 20.1. The van der Waals surface area contributed by atoms with Crippen LogP contribution in [0.5, 0.6) is 0 Å². The lowest BCUT2D eigenvalue weighted by Gasteiger charge is -2.32. The van der Waals surface area contributed by atoms with Gasteiger partial charge in [0.15, 0.2) is 0 Å². The van der Waals surface area contributed by atoms with Crippen molar-refractivity contribution in [2.24, 2.45) is 5.92 Å². The van der Waals surface area contributed by atoms with E-state index in [-0.39, 0.29) is 34.0 Å². The number of nitrogens with one attached hydrogen (secondary N) is 1. The number of nitrogens with zero attached hydrogens (tertiary/aromatic N) is 3. The molecule has 0 unspecified atom stereocenters. The Balaban J connectivity index is 1.50. The van der Waals surface area contributed by atoms with Crippen molar-refractivity contribution in [3.05, 3.63) is 69.0 Å². The van der Waals surface area contributed by atoms with Gasteiger partial charge < -0.3 is 10.2 Å². The van der Waals surface area contributed by atoms with Crippen LogP contribution in [0.25, 0.3) is 0 Å². The monoisotopic (exact) mass is 402 g/mol. The first-order chi connectivity index (χ1) is 13.5. The second-order valence-corrected chi connectivity index (χ2v) is 7.01. The second kappa shape index (κ2) is 8.79. The maximum Gasteiger partial charge on any atom is 0.288 e. The number of hydrogen-bond acceptors (Lipinski definition) is 5. The summed E-state index contributed by atoms with van der Waals surface area (Å²) in [6.45, 7) is 1.69. The van der Waals surface area contributed by atoms with Crippen LogP contribution in [0.15, 0.2) is 42.7 Å². The number of rotatable bonds is 5. The van der Waals surface area contributed by atoms with Gasteiger partial charge in [0.25, 0.3) is 17.5 Å². The summed E-state index contributed by atoms with van der Waals surface area (Å²) < 4.78 is 0. The highest BCUT2D eigenvalue weighted by atomic mass is 35.5. The van der Waals surface area contributed by atoms with Crippen molar-refractivity contribution >= 4 is 29.1 Å². The Hall–Kier alpha value is -3.00. The van der Waals surface area contributed by atoms with Crippen LogP contribution in [-0.2, 0) is 0 Å².